The Labute approximate surface area is 134 Å². The number of thiazole rings is 1. The third-order valence-corrected chi connectivity index (χ3v) is 5.30. The number of fused-ring (bicyclic) bond motifs is 1. The molecule has 0 amide bonds. The van der Waals surface area contributed by atoms with Crippen LogP contribution in [0.4, 0.5) is 0 Å². The molecule has 1 unspecified atom stereocenters. The van der Waals surface area contributed by atoms with Crippen molar-refractivity contribution in [1.82, 2.24) is 24.9 Å². The van der Waals surface area contributed by atoms with Crippen LogP contribution in [0.2, 0.25) is 0 Å². The zero-order valence-corrected chi connectivity index (χ0v) is 13.6. The second-order valence-electron chi connectivity index (χ2n) is 6.16. The van der Waals surface area contributed by atoms with Crippen molar-refractivity contribution in [3.8, 4) is 0 Å². The molecule has 2 aromatic heterocycles. The molecule has 4 rings (SSSR count). The van der Waals surface area contributed by atoms with Gasteiger partial charge in [-0.3, -0.25) is 4.90 Å². The average molecular weight is 319 g/mol. The van der Waals surface area contributed by atoms with Crippen molar-refractivity contribution in [3.63, 3.8) is 0 Å². The molecule has 0 saturated heterocycles. The molecule has 1 fully saturated rings. The molecule has 2 aromatic rings. The average Bonchev–Trinajstić information content (AvgIpc) is 3.02. The van der Waals surface area contributed by atoms with Gasteiger partial charge in [-0.15, -0.1) is 16.4 Å². The second kappa shape index (κ2) is 6.06. The van der Waals surface area contributed by atoms with Crippen LogP contribution in [0.5, 0.6) is 0 Å². The first-order chi connectivity index (χ1) is 10.8. The molecule has 22 heavy (non-hydrogen) atoms. The molecule has 7 heteroatoms. The zero-order valence-electron chi connectivity index (χ0n) is 12.8. The van der Waals surface area contributed by atoms with E-state index in [4.69, 9.17) is 4.74 Å². The van der Waals surface area contributed by atoms with Crippen LogP contribution in [-0.4, -0.2) is 45.1 Å². The lowest BCUT2D eigenvalue weighted by Gasteiger charge is -2.33. The largest absolute Gasteiger partial charge is 0.383 e. The van der Waals surface area contributed by atoms with Crippen molar-refractivity contribution in [3.05, 3.63) is 28.0 Å². The number of methoxy groups -OCH3 is 1. The van der Waals surface area contributed by atoms with Crippen LogP contribution in [0.15, 0.2) is 11.6 Å². The van der Waals surface area contributed by atoms with E-state index < -0.39 is 0 Å². The lowest BCUT2D eigenvalue weighted by atomic mass is 10.0. The molecule has 0 aromatic carbocycles. The molecule has 0 radical (unpaired) electrons. The monoisotopic (exact) mass is 319 g/mol. The van der Waals surface area contributed by atoms with Gasteiger partial charge in [-0.25, -0.2) is 9.67 Å². The first-order valence-electron chi connectivity index (χ1n) is 7.88. The molecule has 1 saturated carbocycles. The summed E-state index contributed by atoms with van der Waals surface area (Å²) in [6, 6.07) is 0.186. The summed E-state index contributed by atoms with van der Waals surface area (Å²) in [5.41, 5.74) is 2.41. The number of hydrogen-bond donors (Lipinski definition) is 0. The molecular formula is C15H21N5OS. The third-order valence-electron chi connectivity index (χ3n) is 4.53. The summed E-state index contributed by atoms with van der Waals surface area (Å²) < 4.78 is 7.59. The van der Waals surface area contributed by atoms with Crippen molar-refractivity contribution >= 4 is 11.3 Å². The summed E-state index contributed by atoms with van der Waals surface area (Å²) in [5, 5.41) is 12.1. The van der Waals surface area contributed by atoms with Crippen molar-refractivity contribution in [2.75, 3.05) is 20.3 Å². The number of hydrogen-bond acceptors (Lipinski definition) is 6. The van der Waals surface area contributed by atoms with Gasteiger partial charge in [0, 0.05) is 38.2 Å². The molecule has 0 spiro atoms. The standard InChI is InChI=1S/C15H21N5OS/c1-21-10-13-15-12(20(18-17-15)8-11-2-3-11)4-6-19(13)9-14-16-5-7-22-14/h5,7,11,13H,2-4,6,8-10H2,1H3. The maximum atomic E-state index is 5.45. The van der Waals surface area contributed by atoms with Crippen LogP contribution in [0.1, 0.15) is 35.3 Å². The summed E-state index contributed by atoms with van der Waals surface area (Å²) >= 11 is 1.71. The van der Waals surface area contributed by atoms with Gasteiger partial charge in [-0.2, -0.15) is 0 Å². The number of nitrogens with zero attached hydrogens (tertiary/aromatic N) is 5. The Kier molecular flexibility index (Phi) is 3.94. The summed E-state index contributed by atoms with van der Waals surface area (Å²) in [6.45, 7) is 3.56. The van der Waals surface area contributed by atoms with Gasteiger partial charge < -0.3 is 4.74 Å². The van der Waals surface area contributed by atoms with Crippen molar-refractivity contribution in [2.45, 2.75) is 38.4 Å². The van der Waals surface area contributed by atoms with Crippen LogP contribution in [0, 0.1) is 5.92 Å². The quantitative estimate of drug-likeness (QED) is 0.814. The molecule has 118 valence electrons. The fourth-order valence-corrected chi connectivity index (χ4v) is 3.81. The zero-order chi connectivity index (χ0) is 14.9. The SMILES string of the molecule is COCC1c2nnn(CC3CC3)c2CCN1Cc1nccs1. The minimum Gasteiger partial charge on any atom is -0.383 e. The molecule has 2 aliphatic rings. The van der Waals surface area contributed by atoms with Crippen LogP contribution in [0.3, 0.4) is 0 Å². The topological polar surface area (TPSA) is 56.1 Å². The van der Waals surface area contributed by atoms with E-state index in [1.54, 1.807) is 18.4 Å². The lowest BCUT2D eigenvalue weighted by Crippen LogP contribution is -2.38. The summed E-state index contributed by atoms with van der Waals surface area (Å²) in [5.74, 6) is 0.819. The van der Waals surface area contributed by atoms with Gasteiger partial charge in [0.25, 0.3) is 0 Å². The highest BCUT2D eigenvalue weighted by Gasteiger charge is 2.33. The Bertz CT molecular complexity index is 622. The van der Waals surface area contributed by atoms with Gasteiger partial charge in [0.2, 0.25) is 0 Å². The molecule has 6 nitrogen and oxygen atoms in total. The maximum absolute atomic E-state index is 5.45. The Morgan fingerprint density at radius 1 is 1.41 bits per heavy atom. The second-order valence-corrected chi connectivity index (χ2v) is 7.14. The van der Waals surface area contributed by atoms with E-state index in [9.17, 15) is 0 Å². The van der Waals surface area contributed by atoms with Crippen molar-refractivity contribution < 1.29 is 4.74 Å². The van der Waals surface area contributed by atoms with Gasteiger partial charge in [0.1, 0.15) is 10.7 Å². The third kappa shape index (κ3) is 2.80. The van der Waals surface area contributed by atoms with Crippen LogP contribution < -0.4 is 0 Å². The fraction of sp³-hybridized carbons (Fsp3) is 0.667. The van der Waals surface area contributed by atoms with Crippen LogP contribution in [0.25, 0.3) is 0 Å². The van der Waals surface area contributed by atoms with E-state index in [-0.39, 0.29) is 6.04 Å². The van der Waals surface area contributed by atoms with E-state index in [2.05, 4.69) is 24.9 Å². The smallest absolute Gasteiger partial charge is 0.107 e. The summed E-state index contributed by atoms with van der Waals surface area (Å²) in [7, 11) is 1.75. The van der Waals surface area contributed by atoms with Gasteiger partial charge in [0.15, 0.2) is 0 Å². The van der Waals surface area contributed by atoms with Crippen LogP contribution >= 0.6 is 11.3 Å². The lowest BCUT2D eigenvalue weighted by molar-refractivity contribution is 0.0748. The Balaban J connectivity index is 1.57. The highest BCUT2D eigenvalue weighted by atomic mass is 32.1. The Morgan fingerprint density at radius 3 is 3.05 bits per heavy atom. The molecule has 1 aliphatic carbocycles. The van der Waals surface area contributed by atoms with E-state index in [0.29, 0.717) is 6.61 Å². The number of ether oxygens (including phenoxy) is 1. The molecule has 1 atom stereocenters. The maximum Gasteiger partial charge on any atom is 0.107 e. The van der Waals surface area contributed by atoms with Crippen LogP contribution in [-0.2, 0) is 24.2 Å². The molecular weight excluding hydrogens is 298 g/mol. The van der Waals surface area contributed by atoms with E-state index in [0.717, 1.165) is 42.7 Å². The first kappa shape index (κ1) is 14.3. The number of rotatable bonds is 6. The molecule has 3 heterocycles. The predicted octanol–water partition coefficient (Wildman–Crippen LogP) is 1.89. The molecule has 0 N–H and O–H groups in total. The van der Waals surface area contributed by atoms with E-state index in [1.807, 2.05) is 11.6 Å². The molecule has 1 aliphatic heterocycles. The Hall–Kier alpha value is -1.31. The Morgan fingerprint density at radius 2 is 2.32 bits per heavy atom. The van der Waals surface area contributed by atoms with Crippen molar-refractivity contribution in [2.24, 2.45) is 5.92 Å². The minimum absolute atomic E-state index is 0.186. The van der Waals surface area contributed by atoms with Gasteiger partial charge in [-0.1, -0.05) is 5.21 Å². The predicted molar refractivity (Wildman–Crippen MR) is 83.6 cm³/mol. The molecule has 0 bridgehead atoms. The highest BCUT2D eigenvalue weighted by Crippen LogP contribution is 2.34. The first-order valence-corrected chi connectivity index (χ1v) is 8.76. The fourth-order valence-electron chi connectivity index (χ4n) is 3.17. The normalized spacial score (nSPS) is 22.0. The minimum atomic E-state index is 0.186. The van der Waals surface area contributed by atoms with Gasteiger partial charge in [0.05, 0.1) is 24.9 Å². The van der Waals surface area contributed by atoms with Gasteiger partial charge in [-0.05, 0) is 18.8 Å². The highest BCUT2D eigenvalue weighted by molar-refractivity contribution is 7.09. The van der Waals surface area contributed by atoms with E-state index in [1.165, 1.54) is 18.5 Å². The summed E-state index contributed by atoms with van der Waals surface area (Å²) in [4.78, 5) is 6.83. The van der Waals surface area contributed by atoms with Crippen molar-refractivity contribution in [1.29, 1.82) is 0 Å². The summed E-state index contributed by atoms with van der Waals surface area (Å²) in [6.07, 6.45) is 5.56. The van der Waals surface area contributed by atoms with E-state index >= 15 is 0 Å². The number of aromatic nitrogens is 4. The van der Waals surface area contributed by atoms with Gasteiger partial charge >= 0.3 is 0 Å².